The highest BCUT2D eigenvalue weighted by molar-refractivity contribution is 7.94. The number of rotatable bonds is 12. The van der Waals surface area contributed by atoms with Gasteiger partial charge in [-0.25, -0.2) is 17.8 Å². The van der Waals surface area contributed by atoms with E-state index >= 15 is 4.39 Å². The van der Waals surface area contributed by atoms with Crippen molar-refractivity contribution in [2.75, 3.05) is 44.4 Å². The van der Waals surface area contributed by atoms with Crippen LogP contribution in [0.3, 0.4) is 0 Å². The van der Waals surface area contributed by atoms with Crippen molar-refractivity contribution in [3.8, 4) is 23.0 Å². The first-order valence-electron chi connectivity index (χ1n) is 12.5. The van der Waals surface area contributed by atoms with Gasteiger partial charge in [0.1, 0.15) is 5.75 Å². The van der Waals surface area contributed by atoms with E-state index in [1.807, 2.05) is 14.1 Å². The number of pyridine rings is 1. The first-order chi connectivity index (χ1) is 19.5. The normalized spacial score (nSPS) is 11.5. The van der Waals surface area contributed by atoms with Crippen molar-refractivity contribution in [2.45, 2.75) is 24.5 Å². The number of thiazole rings is 1. The minimum absolute atomic E-state index is 0.0129. The lowest BCUT2D eigenvalue weighted by atomic mass is 10.1. The fourth-order valence-corrected chi connectivity index (χ4v) is 6.37. The van der Waals surface area contributed by atoms with E-state index in [1.54, 1.807) is 18.2 Å². The van der Waals surface area contributed by atoms with Crippen LogP contribution in [0.15, 0.2) is 46.8 Å². The molecule has 0 spiro atoms. The largest absolute Gasteiger partial charge is 0.493 e. The van der Waals surface area contributed by atoms with Crippen molar-refractivity contribution >= 4 is 49.0 Å². The lowest BCUT2D eigenvalue weighted by Gasteiger charge is -2.15. The number of halogens is 1. The van der Waals surface area contributed by atoms with E-state index in [0.29, 0.717) is 34.8 Å². The highest BCUT2D eigenvalue weighted by atomic mass is 32.2. The molecule has 0 saturated carbocycles. The van der Waals surface area contributed by atoms with Crippen LogP contribution >= 0.6 is 11.3 Å². The predicted molar refractivity (Wildman–Crippen MR) is 155 cm³/mol. The Bertz CT molecular complexity index is 1680. The molecule has 2 aromatic carbocycles. The third-order valence-electron chi connectivity index (χ3n) is 5.68. The molecule has 41 heavy (non-hydrogen) atoms. The summed E-state index contributed by atoms with van der Waals surface area (Å²) in [6.07, 6.45) is 2.37. The summed E-state index contributed by atoms with van der Waals surface area (Å²) in [5.74, 6) is 0.0499. The van der Waals surface area contributed by atoms with Gasteiger partial charge in [0, 0.05) is 37.2 Å². The van der Waals surface area contributed by atoms with Crippen LogP contribution in [0.25, 0.3) is 10.9 Å². The Morgan fingerprint density at radius 3 is 2.56 bits per heavy atom. The minimum Gasteiger partial charge on any atom is -0.493 e. The number of aromatic nitrogens is 2. The average Bonchev–Trinajstić information content (AvgIpc) is 3.27. The number of ether oxygens (including phenoxy) is 3. The molecule has 0 atom stereocenters. The number of sulfonamides is 1. The molecule has 2 heterocycles. The Kier molecular flexibility index (Phi) is 9.25. The zero-order valence-corrected chi connectivity index (χ0v) is 24.8. The molecule has 0 aliphatic heterocycles. The second-order valence-electron chi connectivity index (χ2n) is 9.26. The van der Waals surface area contributed by atoms with E-state index in [9.17, 15) is 13.2 Å². The molecule has 14 heteroatoms. The van der Waals surface area contributed by atoms with Crippen LogP contribution in [0, 0.1) is 12.7 Å². The molecule has 0 bridgehead atoms. The van der Waals surface area contributed by atoms with Crippen molar-refractivity contribution in [1.29, 1.82) is 0 Å². The molecular formula is C27H30FN5O6S2. The maximum atomic E-state index is 15.1. The smallest absolute Gasteiger partial charge is 0.273 e. The zero-order chi connectivity index (χ0) is 29.7. The van der Waals surface area contributed by atoms with Crippen LogP contribution in [0.5, 0.6) is 23.0 Å². The van der Waals surface area contributed by atoms with E-state index in [2.05, 4.69) is 24.9 Å². The van der Waals surface area contributed by atoms with Crippen LogP contribution in [-0.4, -0.2) is 63.5 Å². The molecule has 218 valence electrons. The maximum absolute atomic E-state index is 15.1. The van der Waals surface area contributed by atoms with Crippen LogP contribution < -0.4 is 24.2 Å². The molecule has 11 nitrogen and oxygen atoms in total. The number of hydrogen-bond donors (Lipinski definition) is 2. The van der Waals surface area contributed by atoms with Gasteiger partial charge in [-0.1, -0.05) is 11.3 Å². The van der Waals surface area contributed by atoms with Gasteiger partial charge in [-0.2, -0.15) is 0 Å². The molecular weight excluding hydrogens is 573 g/mol. The first kappa shape index (κ1) is 30.0. The number of anilines is 2. The maximum Gasteiger partial charge on any atom is 0.273 e. The second kappa shape index (κ2) is 12.7. The van der Waals surface area contributed by atoms with Crippen LogP contribution in [0.1, 0.15) is 19.0 Å². The molecule has 0 saturated heterocycles. The Labute approximate surface area is 241 Å². The standard InChI is InChI=1S/C27H30FN5O6S2/c1-16-26(40-27(30-16)31-17(2)34)41(35,36)32-18-7-8-23(20(28)13-18)39-22-9-10-29-21-15-25(24(37-5)14-19(21)22)38-12-6-11-33(3)4/h7-10,13-15,32H,6,11-12H2,1-5H3,(H,30,31,34). The molecule has 0 aliphatic carbocycles. The molecule has 0 radical (unpaired) electrons. The number of hydrogen-bond acceptors (Lipinski definition) is 10. The summed E-state index contributed by atoms with van der Waals surface area (Å²) in [7, 11) is 1.42. The van der Waals surface area contributed by atoms with Gasteiger partial charge in [0.2, 0.25) is 5.91 Å². The lowest BCUT2D eigenvalue weighted by Crippen LogP contribution is -2.15. The van der Waals surface area contributed by atoms with Gasteiger partial charge in [0.25, 0.3) is 10.0 Å². The summed E-state index contributed by atoms with van der Waals surface area (Å²) in [5.41, 5.74) is 0.754. The van der Waals surface area contributed by atoms with E-state index in [-0.39, 0.29) is 32.4 Å². The van der Waals surface area contributed by atoms with Gasteiger partial charge in [-0.15, -0.1) is 0 Å². The Hall–Kier alpha value is -4.01. The first-order valence-corrected chi connectivity index (χ1v) is 14.8. The molecule has 4 aromatic rings. The van der Waals surface area contributed by atoms with E-state index in [1.165, 1.54) is 39.3 Å². The highest BCUT2D eigenvalue weighted by Gasteiger charge is 2.23. The third kappa shape index (κ3) is 7.39. The topological polar surface area (TPSA) is 132 Å². The number of methoxy groups -OCH3 is 1. The molecule has 4 rings (SSSR count). The van der Waals surface area contributed by atoms with Crippen molar-refractivity contribution in [3.05, 3.63) is 54.1 Å². The van der Waals surface area contributed by atoms with Crippen molar-refractivity contribution in [3.63, 3.8) is 0 Å². The summed E-state index contributed by atoms with van der Waals surface area (Å²) in [5, 5.41) is 3.18. The van der Waals surface area contributed by atoms with Gasteiger partial charge in [0.15, 0.2) is 32.4 Å². The fraction of sp³-hybridized carbons (Fsp3) is 0.296. The average molecular weight is 604 g/mol. The second-order valence-corrected chi connectivity index (χ2v) is 12.1. The van der Waals surface area contributed by atoms with Crippen LogP contribution in [-0.2, 0) is 14.8 Å². The minimum atomic E-state index is -4.09. The Balaban J connectivity index is 1.54. The van der Waals surface area contributed by atoms with Gasteiger partial charge < -0.3 is 24.4 Å². The van der Waals surface area contributed by atoms with Crippen LogP contribution in [0.2, 0.25) is 0 Å². The summed E-state index contributed by atoms with van der Waals surface area (Å²) in [6, 6.07) is 8.76. The molecule has 2 aromatic heterocycles. The Morgan fingerprint density at radius 1 is 1.10 bits per heavy atom. The van der Waals surface area contributed by atoms with Gasteiger partial charge >= 0.3 is 0 Å². The highest BCUT2D eigenvalue weighted by Crippen LogP contribution is 2.38. The SMILES string of the molecule is COc1cc2c(Oc3ccc(NS(=O)(=O)c4sc(NC(C)=O)nc4C)cc3F)ccnc2cc1OCCCN(C)C. The number of amides is 1. The van der Waals surface area contributed by atoms with Crippen molar-refractivity contribution < 1.29 is 31.8 Å². The Morgan fingerprint density at radius 2 is 1.88 bits per heavy atom. The third-order valence-corrected chi connectivity index (χ3v) is 8.74. The predicted octanol–water partition coefficient (Wildman–Crippen LogP) is 5.03. The number of nitrogens with one attached hydrogen (secondary N) is 2. The summed E-state index contributed by atoms with van der Waals surface area (Å²) in [6.45, 7) is 4.17. The number of benzene rings is 2. The number of fused-ring (bicyclic) bond motifs is 1. The number of carbonyl (C=O) groups is 1. The molecule has 1 amide bonds. The number of aryl methyl sites for hydroxylation is 1. The van der Waals surface area contributed by atoms with E-state index < -0.39 is 15.8 Å². The summed E-state index contributed by atoms with van der Waals surface area (Å²) < 4.78 is 60.5. The quantitative estimate of drug-likeness (QED) is 0.214. The molecule has 0 fully saturated rings. The van der Waals surface area contributed by atoms with E-state index in [0.717, 1.165) is 30.4 Å². The summed E-state index contributed by atoms with van der Waals surface area (Å²) in [4.78, 5) is 21.8. The van der Waals surface area contributed by atoms with Crippen LogP contribution in [0.4, 0.5) is 15.2 Å². The molecule has 2 N–H and O–H groups in total. The molecule has 0 aliphatic rings. The van der Waals surface area contributed by atoms with Gasteiger partial charge in [-0.05, 0) is 51.7 Å². The summed E-state index contributed by atoms with van der Waals surface area (Å²) >= 11 is 0.796. The fourth-order valence-electron chi connectivity index (χ4n) is 3.86. The monoisotopic (exact) mass is 603 g/mol. The van der Waals surface area contributed by atoms with E-state index in [4.69, 9.17) is 14.2 Å². The lowest BCUT2D eigenvalue weighted by molar-refractivity contribution is -0.114. The number of carbonyl (C=O) groups excluding carboxylic acids is 1. The van der Waals surface area contributed by atoms with Crippen molar-refractivity contribution in [1.82, 2.24) is 14.9 Å². The van der Waals surface area contributed by atoms with Gasteiger partial charge in [0.05, 0.1) is 30.6 Å². The van der Waals surface area contributed by atoms with Crippen molar-refractivity contribution in [2.24, 2.45) is 0 Å². The number of nitrogens with zero attached hydrogens (tertiary/aromatic N) is 3. The molecule has 0 unspecified atom stereocenters. The zero-order valence-electron chi connectivity index (χ0n) is 23.1. The van der Waals surface area contributed by atoms with Gasteiger partial charge in [-0.3, -0.25) is 14.5 Å².